The van der Waals surface area contributed by atoms with Crippen molar-refractivity contribution >= 4 is 53.4 Å². The van der Waals surface area contributed by atoms with E-state index in [2.05, 4.69) is 16.6 Å². The third-order valence-corrected chi connectivity index (χ3v) is 8.96. The van der Waals surface area contributed by atoms with Gasteiger partial charge in [-0.05, 0) is 36.8 Å². The molecule has 0 bridgehead atoms. The summed E-state index contributed by atoms with van der Waals surface area (Å²) in [5.41, 5.74) is 2.16. The Morgan fingerprint density at radius 1 is 0.906 bits per heavy atom. The van der Waals surface area contributed by atoms with E-state index >= 15 is 0 Å². The largest absolute Gasteiger partial charge is 0.466 e. The number of carbonyl (C=O) groups excluding carboxylic acids is 7. The minimum Gasteiger partial charge on any atom is -0.466 e. The van der Waals surface area contributed by atoms with Crippen molar-refractivity contribution in [3.8, 4) is 12.3 Å². The topological polar surface area (TPSA) is 199 Å². The van der Waals surface area contributed by atoms with Crippen LogP contribution in [0.4, 0.5) is 0 Å². The molecule has 0 saturated carbocycles. The van der Waals surface area contributed by atoms with Crippen molar-refractivity contribution in [2.45, 2.75) is 87.7 Å². The molecule has 3 rings (SSSR count). The van der Waals surface area contributed by atoms with E-state index in [-0.39, 0.29) is 6.42 Å². The summed E-state index contributed by atoms with van der Waals surface area (Å²) in [6, 6.07) is 12.3. The quantitative estimate of drug-likeness (QED) is 0.152. The van der Waals surface area contributed by atoms with Gasteiger partial charge in [-0.2, -0.15) is 0 Å². The lowest BCUT2D eigenvalue weighted by Crippen LogP contribution is -2.68. The predicted octanol–water partition coefficient (Wildman–Crippen LogP) is 1.93. The van der Waals surface area contributed by atoms with Crippen LogP contribution >= 0.6 is 11.8 Å². The molecule has 1 aliphatic heterocycles. The van der Waals surface area contributed by atoms with Crippen LogP contribution in [0.2, 0.25) is 0 Å². The van der Waals surface area contributed by atoms with E-state index in [4.69, 9.17) is 34.8 Å². The lowest BCUT2D eigenvalue weighted by molar-refractivity contribution is -0.221. The Morgan fingerprint density at radius 2 is 1.55 bits per heavy atom. The Bertz CT molecular complexity index is 1710. The van der Waals surface area contributed by atoms with Crippen LogP contribution in [0.15, 0.2) is 53.4 Å². The van der Waals surface area contributed by atoms with Crippen LogP contribution in [0, 0.1) is 19.3 Å². The summed E-state index contributed by atoms with van der Waals surface area (Å²) >= 11 is 0.907. The monoisotopic (exact) mass is 754 g/mol. The molecule has 2 aromatic rings. The fourth-order valence-corrected chi connectivity index (χ4v) is 6.70. The first-order valence-electron chi connectivity index (χ1n) is 16.3. The third-order valence-electron chi connectivity index (χ3n) is 7.70. The van der Waals surface area contributed by atoms with Gasteiger partial charge in [-0.1, -0.05) is 47.5 Å². The van der Waals surface area contributed by atoms with Gasteiger partial charge < -0.3 is 39.1 Å². The van der Waals surface area contributed by atoms with Crippen LogP contribution in [-0.2, 0) is 68.4 Å². The highest BCUT2D eigenvalue weighted by Crippen LogP contribution is 2.46. The van der Waals surface area contributed by atoms with Crippen molar-refractivity contribution < 1.29 is 62.0 Å². The first-order chi connectivity index (χ1) is 25.0. The molecular weight excluding hydrogens is 712 g/mol. The van der Waals surface area contributed by atoms with Gasteiger partial charge in [0.05, 0.1) is 26.1 Å². The van der Waals surface area contributed by atoms with Crippen molar-refractivity contribution in [2.24, 2.45) is 0 Å². The van der Waals surface area contributed by atoms with Crippen molar-refractivity contribution in [3.63, 3.8) is 0 Å². The standard InChI is InChI=1S/C37H42N2O13S/c1-8-26-11-13-27(14-12-26)17-31(44)38-19-30(50-24(5)42)34(51-25(6)43)35-33(39-32(45)20-48-22(3)40)29(49-23(4)41)18-37(52-35,36(46)47-7)53-28-15-9-21(2)10-16-28/h1,9-16,29-30,33-35H,17-20H2,2-7H3,(H,38,44)(H,39,45)/t29-,30+,33+,34+,35+,37+/m0/s1. The second kappa shape index (κ2) is 19.4. The van der Waals surface area contributed by atoms with Crippen LogP contribution in [0.1, 0.15) is 50.8 Å². The Labute approximate surface area is 311 Å². The number of methoxy groups -OCH3 is 1. The van der Waals surface area contributed by atoms with Crippen molar-refractivity contribution in [3.05, 3.63) is 65.2 Å². The number of esters is 5. The summed E-state index contributed by atoms with van der Waals surface area (Å²) in [6.07, 6.45) is -1.28. The van der Waals surface area contributed by atoms with Crippen LogP contribution in [0.5, 0.6) is 0 Å². The maximum absolute atomic E-state index is 13.8. The molecule has 1 fully saturated rings. The highest BCUT2D eigenvalue weighted by molar-refractivity contribution is 8.01. The van der Waals surface area contributed by atoms with E-state index in [0.29, 0.717) is 16.0 Å². The van der Waals surface area contributed by atoms with E-state index in [9.17, 15) is 33.6 Å². The van der Waals surface area contributed by atoms with Crippen molar-refractivity contribution in [2.75, 3.05) is 20.3 Å². The van der Waals surface area contributed by atoms with Gasteiger partial charge in [0.15, 0.2) is 18.8 Å². The first kappa shape index (κ1) is 42.0. The van der Waals surface area contributed by atoms with Gasteiger partial charge in [0.25, 0.3) is 5.91 Å². The normalized spacial score (nSPS) is 20.3. The number of terminal acetylenes is 1. The summed E-state index contributed by atoms with van der Waals surface area (Å²) in [5.74, 6) is -3.13. The first-order valence-corrected chi connectivity index (χ1v) is 17.2. The number of nitrogens with one attached hydrogen (secondary N) is 2. The number of benzene rings is 2. The number of hydrogen-bond acceptors (Lipinski definition) is 14. The van der Waals surface area contributed by atoms with E-state index in [1.165, 1.54) is 0 Å². The number of carbonyl (C=O) groups is 7. The summed E-state index contributed by atoms with van der Waals surface area (Å²) in [5, 5.41) is 5.26. The molecule has 16 heteroatoms. The molecule has 0 aromatic heterocycles. The summed E-state index contributed by atoms with van der Waals surface area (Å²) in [4.78, 5) is 87.7. The Hall–Kier alpha value is -5.40. The molecular formula is C37H42N2O13S. The molecule has 15 nitrogen and oxygen atoms in total. The molecule has 1 saturated heterocycles. The second-order valence-electron chi connectivity index (χ2n) is 12.0. The minimum absolute atomic E-state index is 0.0994. The zero-order chi connectivity index (χ0) is 39.3. The molecule has 1 aliphatic rings. The Kier molecular flexibility index (Phi) is 15.4. The second-order valence-corrected chi connectivity index (χ2v) is 13.3. The zero-order valence-corrected chi connectivity index (χ0v) is 30.9. The van der Waals surface area contributed by atoms with E-state index < -0.39 is 96.6 Å². The lowest BCUT2D eigenvalue weighted by atomic mass is 9.89. The molecule has 53 heavy (non-hydrogen) atoms. The maximum atomic E-state index is 13.8. The minimum atomic E-state index is -2.02. The maximum Gasteiger partial charge on any atom is 0.349 e. The van der Waals surface area contributed by atoms with Crippen LogP contribution < -0.4 is 10.6 Å². The molecule has 0 unspecified atom stereocenters. The SMILES string of the molecule is C#Cc1ccc(CC(=O)NC[C@@H](OC(C)=O)[C@@H](OC(C)=O)[C@@H]2O[C@](Sc3ccc(C)cc3)(C(=O)OC)C[C@H](OC(C)=O)[C@H]2NC(=O)COC(C)=O)cc1. The van der Waals surface area contributed by atoms with Crippen LogP contribution in [0.25, 0.3) is 0 Å². The number of thioether (sulfide) groups is 1. The van der Waals surface area contributed by atoms with Crippen LogP contribution in [-0.4, -0.2) is 97.3 Å². The van der Waals surface area contributed by atoms with E-state index in [1.807, 2.05) is 6.92 Å². The van der Waals surface area contributed by atoms with Gasteiger partial charge in [-0.3, -0.25) is 28.8 Å². The Balaban J connectivity index is 2.14. The average Bonchev–Trinajstić information content (AvgIpc) is 3.09. The molecule has 2 amide bonds. The molecule has 0 radical (unpaired) electrons. The molecule has 2 N–H and O–H groups in total. The number of hydrogen-bond donors (Lipinski definition) is 2. The molecule has 1 heterocycles. The third kappa shape index (κ3) is 12.7. The molecule has 2 aromatic carbocycles. The summed E-state index contributed by atoms with van der Waals surface area (Å²) < 4.78 is 33.5. The highest BCUT2D eigenvalue weighted by Gasteiger charge is 2.59. The molecule has 0 spiro atoms. The van der Waals surface area contributed by atoms with Gasteiger partial charge in [-0.15, -0.1) is 6.42 Å². The fraction of sp³-hybridized carbons (Fsp3) is 0.432. The lowest BCUT2D eigenvalue weighted by Gasteiger charge is -2.48. The number of rotatable bonds is 15. The number of aryl methyl sites for hydroxylation is 1. The number of ether oxygens (including phenoxy) is 6. The van der Waals surface area contributed by atoms with Crippen molar-refractivity contribution in [1.82, 2.24) is 10.6 Å². The van der Waals surface area contributed by atoms with Crippen LogP contribution in [0.3, 0.4) is 0 Å². The smallest absolute Gasteiger partial charge is 0.349 e. The average molecular weight is 755 g/mol. The van der Waals surface area contributed by atoms with E-state index in [0.717, 1.165) is 52.1 Å². The van der Waals surface area contributed by atoms with Gasteiger partial charge in [-0.25, -0.2) is 4.79 Å². The molecule has 0 aliphatic carbocycles. The van der Waals surface area contributed by atoms with Gasteiger partial charge in [0.1, 0.15) is 12.2 Å². The predicted molar refractivity (Wildman–Crippen MR) is 188 cm³/mol. The fourth-order valence-electron chi connectivity index (χ4n) is 5.47. The zero-order valence-electron chi connectivity index (χ0n) is 30.1. The Morgan fingerprint density at radius 3 is 2.09 bits per heavy atom. The van der Waals surface area contributed by atoms with E-state index in [1.54, 1.807) is 48.5 Å². The van der Waals surface area contributed by atoms with Gasteiger partial charge in [0.2, 0.25) is 10.8 Å². The molecule has 284 valence electrons. The van der Waals surface area contributed by atoms with Gasteiger partial charge >= 0.3 is 29.8 Å². The summed E-state index contributed by atoms with van der Waals surface area (Å²) in [7, 11) is 1.12. The van der Waals surface area contributed by atoms with Gasteiger partial charge in [0, 0.05) is 44.6 Å². The van der Waals surface area contributed by atoms with Crippen molar-refractivity contribution in [1.29, 1.82) is 0 Å². The highest BCUT2D eigenvalue weighted by atomic mass is 32.2. The molecule has 6 atom stereocenters. The summed E-state index contributed by atoms with van der Waals surface area (Å²) in [6.45, 7) is 5.01. The number of amides is 2.